The molecular formula is C10H16N6. The van der Waals surface area contributed by atoms with Gasteiger partial charge < -0.3 is 5.73 Å². The Balaban J connectivity index is 2.17. The summed E-state index contributed by atoms with van der Waals surface area (Å²) < 4.78 is 3.52. The van der Waals surface area contributed by atoms with Gasteiger partial charge in [-0.3, -0.25) is 9.36 Å². The SMILES string of the molecule is Cc1nn(C)cc1C(N)Cc1ncnn1C. The van der Waals surface area contributed by atoms with Gasteiger partial charge in [0, 0.05) is 38.3 Å². The van der Waals surface area contributed by atoms with E-state index in [-0.39, 0.29) is 6.04 Å². The van der Waals surface area contributed by atoms with E-state index in [1.165, 1.54) is 6.33 Å². The fourth-order valence-corrected chi connectivity index (χ4v) is 1.79. The summed E-state index contributed by atoms with van der Waals surface area (Å²) >= 11 is 0. The van der Waals surface area contributed by atoms with Gasteiger partial charge in [0.1, 0.15) is 12.2 Å². The fraction of sp³-hybridized carbons (Fsp3) is 0.500. The summed E-state index contributed by atoms with van der Waals surface area (Å²) in [6.07, 6.45) is 4.16. The molecule has 0 fully saturated rings. The molecule has 1 unspecified atom stereocenters. The lowest BCUT2D eigenvalue weighted by molar-refractivity contribution is 0.627. The summed E-state index contributed by atoms with van der Waals surface area (Å²) in [6, 6.07) is -0.0865. The molecular weight excluding hydrogens is 204 g/mol. The zero-order valence-electron chi connectivity index (χ0n) is 9.75. The van der Waals surface area contributed by atoms with Crippen molar-refractivity contribution in [2.45, 2.75) is 19.4 Å². The Morgan fingerprint density at radius 2 is 2.19 bits per heavy atom. The van der Waals surface area contributed by atoms with Crippen LogP contribution in [0.3, 0.4) is 0 Å². The van der Waals surface area contributed by atoms with Crippen LogP contribution >= 0.6 is 0 Å². The Morgan fingerprint density at radius 1 is 1.44 bits per heavy atom. The second-order valence-corrected chi connectivity index (χ2v) is 3.95. The van der Waals surface area contributed by atoms with E-state index in [2.05, 4.69) is 15.2 Å². The molecule has 2 N–H and O–H groups in total. The molecule has 2 aromatic rings. The van der Waals surface area contributed by atoms with E-state index in [1.807, 2.05) is 27.2 Å². The average Bonchev–Trinajstić information content (AvgIpc) is 2.74. The first-order valence-electron chi connectivity index (χ1n) is 5.16. The molecule has 6 heteroatoms. The lowest BCUT2D eigenvalue weighted by Crippen LogP contribution is -2.16. The third kappa shape index (κ3) is 1.96. The molecule has 16 heavy (non-hydrogen) atoms. The van der Waals surface area contributed by atoms with Crippen LogP contribution in [0.2, 0.25) is 0 Å². The quantitative estimate of drug-likeness (QED) is 0.796. The molecule has 1 atom stereocenters. The molecule has 0 saturated carbocycles. The summed E-state index contributed by atoms with van der Waals surface area (Å²) in [5, 5.41) is 8.30. The average molecular weight is 220 g/mol. The lowest BCUT2D eigenvalue weighted by atomic mass is 10.1. The highest BCUT2D eigenvalue weighted by atomic mass is 15.3. The summed E-state index contributed by atoms with van der Waals surface area (Å²) in [5.74, 6) is 0.885. The summed E-state index contributed by atoms with van der Waals surface area (Å²) in [4.78, 5) is 4.16. The predicted molar refractivity (Wildman–Crippen MR) is 59.6 cm³/mol. The van der Waals surface area contributed by atoms with Crippen LogP contribution in [0.25, 0.3) is 0 Å². The van der Waals surface area contributed by atoms with Crippen LogP contribution in [-0.2, 0) is 20.5 Å². The molecule has 0 aliphatic heterocycles. The number of aryl methyl sites for hydroxylation is 3. The highest BCUT2D eigenvalue weighted by Crippen LogP contribution is 2.17. The zero-order valence-corrected chi connectivity index (χ0v) is 9.75. The molecule has 0 aliphatic rings. The van der Waals surface area contributed by atoms with Crippen LogP contribution in [0.15, 0.2) is 12.5 Å². The first kappa shape index (κ1) is 10.8. The molecule has 0 aliphatic carbocycles. The molecule has 2 heterocycles. The van der Waals surface area contributed by atoms with Crippen LogP contribution in [-0.4, -0.2) is 24.5 Å². The second-order valence-electron chi connectivity index (χ2n) is 3.95. The van der Waals surface area contributed by atoms with Crippen molar-refractivity contribution in [3.63, 3.8) is 0 Å². The third-order valence-corrected chi connectivity index (χ3v) is 2.66. The monoisotopic (exact) mass is 220 g/mol. The normalized spacial score (nSPS) is 13.0. The smallest absolute Gasteiger partial charge is 0.138 e. The molecule has 6 nitrogen and oxygen atoms in total. The van der Waals surface area contributed by atoms with E-state index in [4.69, 9.17) is 5.73 Å². The van der Waals surface area contributed by atoms with Gasteiger partial charge in [-0.2, -0.15) is 10.2 Å². The summed E-state index contributed by atoms with van der Waals surface area (Å²) in [6.45, 7) is 1.96. The van der Waals surface area contributed by atoms with E-state index < -0.39 is 0 Å². The number of aromatic nitrogens is 5. The maximum atomic E-state index is 6.13. The largest absolute Gasteiger partial charge is 0.323 e. The Labute approximate surface area is 94.1 Å². The van der Waals surface area contributed by atoms with Crippen molar-refractivity contribution in [2.75, 3.05) is 0 Å². The van der Waals surface area contributed by atoms with Crippen molar-refractivity contribution in [1.29, 1.82) is 0 Å². The van der Waals surface area contributed by atoms with Crippen molar-refractivity contribution in [3.05, 3.63) is 29.6 Å². The highest BCUT2D eigenvalue weighted by molar-refractivity contribution is 5.20. The van der Waals surface area contributed by atoms with Gasteiger partial charge in [0.2, 0.25) is 0 Å². The zero-order chi connectivity index (χ0) is 11.7. The van der Waals surface area contributed by atoms with E-state index in [1.54, 1.807) is 9.36 Å². The number of hydrogen-bond donors (Lipinski definition) is 1. The van der Waals surface area contributed by atoms with E-state index in [0.29, 0.717) is 6.42 Å². The molecule has 0 saturated heterocycles. The predicted octanol–water partition coefficient (Wildman–Crippen LogP) is 0.0995. The van der Waals surface area contributed by atoms with Gasteiger partial charge in [0.05, 0.1) is 5.69 Å². The van der Waals surface area contributed by atoms with E-state index >= 15 is 0 Å². The van der Waals surface area contributed by atoms with Crippen molar-refractivity contribution < 1.29 is 0 Å². The second kappa shape index (κ2) is 4.05. The Bertz CT molecular complexity index is 483. The van der Waals surface area contributed by atoms with Gasteiger partial charge in [-0.05, 0) is 6.92 Å². The molecule has 2 rings (SSSR count). The summed E-state index contributed by atoms with van der Waals surface area (Å²) in [7, 11) is 3.76. The first-order valence-corrected chi connectivity index (χ1v) is 5.16. The number of nitrogens with zero attached hydrogens (tertiary/aromatic N) is 5. The van der Waals surface area contributed by atoms with Crippen LogP contribution in [0, 0.1) is 6.92 Å². The maximum absolute atomic E-state index is 6.13. The Morgan fingerprint density at radius 3 is 2.69 bits per heavy atom. The molecule has 2 aromatic heterocycles. The molecule has 0 spiro atoms. The number of nitrogens with two attached hydrogens (primary N) is 1. The van der Waals surface area contributed by atoms with Crippen LogP contribution < -0.4 is 5.73 Å². The molecule has 0 bridgehead atoms. The minimum Gasteiger partial charge on any atom is -0.323 e. The van der Waals surface area contributed by atoms with E-state index in [0.717, 1.165) is 17.1 Å². The first-order chi connectivity index (χ1) is 7.58. The Kier molecular flexibility index (Phi) is 2.74. The minimum atomic E-state index is -0.0865. The van der Waals surface area contributed by atoms with Crippen LogP contribution in [0.4, 0.5) is 0 Å². The minimum absolute atomic E-state index is 0.0865. The fourth-order valence-electron chi connectivity index (χ4n) is 1.79. The van der Waals surface area contributed by atoms with Crippen molar-refractivity contribution >= 4 is 0 Å². The van der Waals surface area contributed by atoms with Gasteiger partial charge in [-0.1, -0.05) is 0 Å². The number of hydrogen-bond acceptors (Lipinski definition) is 4. The van der Waals surface area contributed by atoms with Gasteiger partial charge in [0.25, 0.3) is 0 Å². The highest BCUT2D eigenvalue weighted by Gasteiger charge is 2.15. The lowest BCUT2D eigenvalue weighted by Gasteiger charge is -2.09. The van der Waals surface area contributed by atoms with Gasteiger partial charge in [0.15, 0.2) is 0 Å². The van der Waals surface area contributed by atoms with Crippen LogP contribution in [0.5, 0.6) is 0 Å². The van der Waals surface area contributed by atoms with Gasteiger partial charge in [-0.15, -0.1) is 0 Å². The van der Waals surface area contributed by atoms with Crippen molar-refractivity contribution in [3.8, 4) is 0 Å². The summed E-state index contributed by atoms with van der Waals surface area (Å²) in [5.41, 5.74) is 8.17. The van der Waals surface area contributed by atoms with E-state index in [9.17, 15) is 0 Å². The Hall–Kier alpha value is -1.69. The van der Waals surface area contributed by atoms with Crippen LogP contribution in [0.1, 0.15) is 23.1 Å². The van der Waals surface area contributed by atoms with Crippen molar-refractivity contribution in [1.82, 2.24) is 24.5 Å². The molecule has 0 amide bonds. The molecule has 0 aromatic carbocycles. The standard InChI is InChI=1S/C10H16N6/c1-7-8(5-15(2)14-7)9(11)4-10-12-6-13-16(10)3/h5-6,9H,4,11H2,1-3H3. The third-order valence-electron chi connectivity index (χ3n) is 2.66. The number of rotatable bonds is 3. The van der Waals surface area contributed by atoms with Crippen molar-refractivity contribution in [2.24, 2.45) is 19.8 Å². The maximum Gasteiger partial charge on any atom is 0.138 e. The van der Waals surface area contributed by atoms with Gasteiger partial charge >= 0.3 is 0 Å². The topological polar surface area (TPSA) is 74.6 Å². The molecule has 0 radical (unpaired) electrons. The molecule has 86 valence electrons. The van der Waals surface area contributed by atoms with Gasteiger partial charge in [-0.25, -0.2) is 4.98 Å².